The summed E-state index contributed by atoms with van der Waals surface area (Å²) in [6.07, 6.45) is 3.97. The van der Waals surface area contributed by atoms with Crippen molar-refractivity contribution in [3.63, 3.8) is 0 Å². The van der Waals surface area contributed by atoms with E-state index in [0.717, 1.165) is 31.6 Å². The Bertz CT molecular complexity index is 388. The molecule has 4 nitrogen and oxygen atoms in total. The van der Waals surface area contributed by atoms with Crippen LogP contribution in [-0.4, -0.2) is 35.9 Å². The van der Waals surface area contributed by atoms with E-state index in [1.165, 1.54) is 0 Å². The normalized spacial score (nSPS) is 19.4. The van der Waals surface area contributed by atoms with Crippen molar-refractivity contribution in [3.05, 3.63) is 24.0 Å². The first-order valence-electron chi connectivity index (χ1n) is 6.17. The average molecular weight is 233 g/mol. The number of pyridine rings is 1. The lowest BCUT2D eigenvalue weighted by molar-refractivity contribution is 0.0781. The lowest BCUT2D eigenvalue weighted by Gasteiger charge is -2.15. The molecule has 0 aliphatic carbocycles. The van der Waals surface area contributed by atoms with Crippen molar-refractivity contribution in [2.45, 2.75) is 19.8 Å². The van der Waals surface area contributed by atoms with E-state index in [2.05, 4.69) is 17.2 Å². The highest BCUT2D eigenvalue weighted by molar-refractivity contribution is 5.92. The number of hydrogen-bond donors (Lipinski definition) is 1. The molecule has 2 rings (SSSR count). The molecule has 1 unspecified atom stereocenters. The minimum Gasteiger partial charge on any atom is -0.387 e. The van der Waals surface area contributed by atoms with E-state index in [1.54, 1.807) is 12.3 Å². The number of carbonyl (C=O) groups excluding carboxylic acids is 1. The maximum atomic E-state index is 12.2. The Morgan fingerprint density at radius 2 is 2.41 bits per heavy atom. The molecule has 1 aliphatic heterocycles. The van der Waals surface area contributed by atoms with Crippen LogP contribution in [0.3, 0.4) is 0 Å². The second-order valence-electron chi connectivity index (χ2n) is 4.50. The highest BCUT2D eigenvalue weighted by atomic mass is 16.2. The zero-order chi connectivity index (χ0) is 12.3. The van der Waals surface area contributed by atoms with Crippen molar-refractivity contribution in [2.24, 2.45) is 5.92 Å². The third-order valence-electron chi connectivity index (χ3n) is 3.42. The van der Waals surface area contributed by atoms with E-state index in [4.69, 9.17) is 0 Å². The van der Waals surface area contributed by atoms with Crippen LogP contribution >= 0.6 is 0 Å². The zero-order valence-corrected chi connectivity index (χ0v) is 10.4. The maximum Gasteiger partial charge on any atom is 0.272 e. The van der Waals surface area contributed by atoms with Gasteiger partial charge in [0, 0.05) is 20.1 Å². The molecule has 1 aromatic heterocycles. The molecule has 1 amide bonds. The molecule has 0 saturated carbocycles. The Morgan fingerprint density at radius 1 is 1.59 bits per heavy atom. The third kappa shape index (κ3) is 2.57. The van der Waals surface area contributed by atoms with Gasteiger partial charge >= 0.3 is 0 Å². The van der Waals surface area contributed by atoms with Crippen LogP contribution in [0.1, 0.15) is 30.3 Å². The Hall–Kier alpha value is -1.58. The molecule has 1 atom stereocenters. The minimum atomic E-state index is 0.0589. The van der Waals surface area contributed by atoms with Crippen LogP contribution in [0.2, 0.25) is 0 Å². The summed E-state index contributed by atoms with van der Waals surface area (Å²) < 4.78 is 0. The van der Waals surface area contributed by atoms with E-state index in [1.807, 2.05) is 18.0 Å². The van der Waals surface area contributed by atoms with Gasteiger partial charge in [-0.15, -0.1) is 0 Å². The molecular weight excluding hydrogens is 214 g/mol. The molecule has 1 N–H and O–H groups in total. The first-order chi connectivity index (χ1) is 8.24. The van der Waals surface area contributed by atoms with E-state index >= 15 is 0 Å². The second-order valence-corrected chi connectivity index (χ2v) is 4.50. The smallest absolute Gasteiger partial charge is 0.272 e. The van der Waals surface area contributed by atoms with Crippen molar-refractivity contribution in [3.8, 4) is 0 Å². The van der Waals surface area contributed by atoms with Crippen LogP contribution in [0.25, 0.3) is 0 Å². The summed E-state index contributed by atoms with van der Waals surface area (Å²) in [6, 6.07) is 3.67. The number of aromatic nitrogens is 1. The van der Waals surface area contributed by atoms with Crippen LogP contribution < -0.4 is 5.32 Å². The summed E-state index contributed by atoms with van der Waals surface area (Å²) in [5, 5.41) is 2.99. The summed E-state index contributed by atoms with van der Waals surface area (Å²) in [5.41, 5.74) is 1.47. The molecule has 1 saturated heterocycles. The zero-order valence-electron chi connectivity index (χ0n) is 10.4. The summed E-state index contributed by atoms with van der Waals surface area (Å²) in [4.78, 5) is 18.3. The average Bonchev–Trinajstić information content (AvgIpc) is 2.87. The second kappa shape index (κ2) is 5.17. The van der Waals surface area contributed by atoms with Crippen molar-refractivity contribution in [2.75, 3.05) is 25.5 Å². The molecule has 1 aromatic rings. The van der Waals surface area contributed by atoms with Crippen LogP contribution in [0, 0.1) is 5.92 Å². The quantitative estimate of drug-likeness (QED) is 0.868. The fourth-order valence-electron chi connectivity index (χ4n) is 2.18. The first-order valence-corrected chi connectivity index (χ1v) is 6.17. The van der Waals surface area contributed by atoms with Crippen LogP contribution in [-0.2, 0) is 0 Å². The van der Waals surface area contributed by atoms with Gasteiger partial charge in [0.05, 0.1) is 11.9 Å². The van der Waals surface area contributed by atoms with E-state index in [0.29, 0.717) is 11.6 Å². The van der Waals surface area contributed by atoms with Gasteiger partial charge in [0.1, 0.15) is 5.69 Å². The Kier molecular flexibility index (Phi) is 3.61. The number of hydrogen-bond acceptors (Lipinski definition) is 3. The number of amides is 1. The van der Waals surface area contributed by atoms with Crippen molar-refractivity contribution >= 4 is 11.6 Å². The standard InChI is InChI=1S/C13H19N3O/c1-3-10-6-7-16(9-10)13(17)12-5-4-11(14-2)8-15-12/h4-5,8,10,14H,3,6-7,9H2,1-2H3. The lowest BCUT2D eigenvalue weighted by Crippen LogP contribution is -2.29. The van der Waals surface area contributed by atoms with Crippen LogP contribution in [0.15, 0.2) is 18.3 Å². The SMILES string of the molecule is CCC1CCN(C(=O)c2ccc(NC)cn2)C1. The Balaban J connectivity index is 2.04. The molecule has 0 bridgehead atoms. The number of likely N-dealkylation sites (tertiary alicyclic amines) is 1. The summed E-state index contributed by atoms with van der Waals surface area (Å²) in [7, 11) is 1.84. The summed E-state index contributed by atoms with van der Waals surface area (Å²) in [6.45, 7) is 3.93. The van der Waals surface area contributed by atoms with Gasteiger partial charge < -0.3 is 10.2 Å². The van der Waals surface area contributed by atoms with E-state index in [9.17, 15) is 4.79 Å². The number of nitrogens with zero attached hydrogens (tertiary/aromatic N) is 2. The van der Waals surface area contributed by atoms with Gasteiger partial charge in [-0.3, -0.25) is 4.79 Å². The van der Waals surface area contributed by atoms with Gasteiger partial charge in [-0.1, -0.05) is 13.3 Å². The molecule has 1 fully saturated rings. The van der Waals surface area contributed by atoms with Crippen molar-refractivity contribution < 1.29 is 4.79 Å². The predicted molar refractivity (Wildman–Crippen MR) is 68.1 cm³/mol. The van der Waals surface area contributed by atoms with Gasteiger partial charge in [0.15, 0.2) is 0 Å². The number of carbonyl (C=O) groups is 1. The molecule has 0 spiro atoms. The fraction of sp³-hybridized carbons (Fsp3) is 0.538. The number of nitrogens with one attached hydrogen (secondary N) is 1. The van der Waals surface area contributed by atoms with E-state index in [-0.39, 0.29) is 5.91 Å². The van der Waals surface area contributed by atoms with Gasteiger partial charge in [-0.25, -0.2) is 4.98 Å². The van der Waals surface area contributed by atoms with Gasteiger partial charge in [-0.05, 0) is 24.5 Å². The molecule has 17 heavy (non-hydrogen) atoms. The summed E-state index contributed by atoms with van der Waals surface area (Å²) in [5.74, 6) is 0.721. The highest BCUT2D eigenvalue weighted by Gasteiger charge is 2.26. The predicted octanol–water partition coefficient (Wildman–Crippen LogP) is 2.00. The fourth-order valence-corrected chi connectivity index (χ4v) is 2.18. The number of rotatable bonds is 3. The lowest BCUT2D eigenvalue weighted by atomic mass is 10.1. The van der Waals surface area contributed by atoms with E-state index < -0.39 is 0 Å². The molecule has 1 aliphatic rings. The number of anilines is 1. The third-order valence-corrected chi connectivity index (χ3v) is 3.42. The monoisotopic (exact) mass is 233 g/mol. The van der Waals surface area contributed by atoms with Crippen LogP contribution in [0.4, 0.5) is 5.69 Å². The molecular formula is C13H19N3O. The topological polar surface area (TPSA) is 45.2 Å². The minimum absolute atomic E-state index is 0.0589. The van der Waals surface area contributed by atoms with Gasteiger partial charge in [-0.2, -0.15) is 0 Å². The molecule has 92 valence electrons. The molecule has 0 radical (unpaired) electrons. The molecule has 0 aromatic carbocycles. The van der Waals surface area contributed by atoms with Crippen molar-refractivity contribution in [1.82, 2.24) is 9.88 Å². The maximum absolute atomic E-state index is 12.2. The van der Waals surface area contributed by atoms with Gasteiger partial charge in [0.25, 0.3) is 5.91 Å². The van der Waals surface area contributed by atoms with Crippen LogP contribution in [0.5, 0.6) is 0 Å². The van der Waals surface area contributed by atoms with Gasteiger partial charge in [0.2, 0.25) is 0 Å². The Morgan fingerprint density at radius 3 is 2.94 bits per heavy atom. The molecule has 2 heterocycles. The largest absolute Gasteiger partial charge is 0.387 e. The summed E-state index contributed by atoms with van der Waals surface area (Å²) >= 11 is 0. The van der Waals surface area contributed by atoms with Crippen molar-refractivity contribution in [1.29, 1.82) is 0 Å². The first kappa shape index (κ1) is 11.9. The molecule has 4 heteroatoms. The highest BCUT2D eigenvalue weighted by Crippen LogP contribution is 2.20. The Labute approximate surface area is 102 Å².